The number of fused-ring (bicyclic) bond motifs is 1. The van der Waals surface area contributed by atoms with Gasteiger partial charge in [-0.1, -0.05) is 11.3 Å². The summed E-state index contributed by atoms with van der Waals surface area (Å²) in [5, 5.41) is 17.3. The van der Waals surface area contributed by atoms with E-state index in [0.29, 0.717) is 5.92 Å². The summed E-state index contributed by atoms with van der Waals surface area (Å²) in [6.45, 7) is 4.15. The molecule has 0 atom stereocenters. The summed E-state index contributed by atoms with van der Waals surface area (Å²) >= 11 is 1.60. The molecule has 0 aromatic carbocycles. The van der Waals surface area contributed by atoms with Crippen molar-refractivity contribution in [3.8, 4) is 0 Å². The lowest BCUT2D eigenvalue weighted by molar-refractivity contribution is 0.439. The van der Waals surface area contributed by atoms with Crippen LogP contribution in [0.15, 0.2) is 0 Å². The average Bonchev–Trinajstić information content (AvgIpc) is 2.77. The first-order chi connectivity index (χ1) is 7.34. The van der Waals surface area contributed by atoms with Gasteiger partial charge in [-0.05, 0) is 32.9 Å². The summed E-state index contributed by atoms with van der Waals surface area (Å²) in [6, 6.07) is 0. The first-order valence-electron chi connectivity index (χ1n) is 5.24. The molecule has 0 bridgehead atoms. The number of nitrogens with zero attached hydrogens (tertiary/aromatic N) is 4. The van der Waals surface area contributed by atoms with E-state index >= 15 is 0 Å². The lowest BCUT2D eigenvalue weighted by Gasteiger charge is -2.20. The van der Waals surface area contributed by atoms with Gasteiger partial charge >= 0.3 is 0 Å². The third-order valence-electron chi connectivity index (χ3n) is 2.82. The van der Waals surface area contributed by atoms with E-state index in [1.807, 2.05) is 11.4 Å². The van der Waals surface area contributed by atoms with Crippen molar-refractivity contribution in [1.82, 2.24) is 25.1 Å². The largest absolute Gasteiger partial charge is 0.317 e. The minimum absolute atomic E-state index is 0.516. The monoisotopic (exact) mass is 223 g/mol. The molecule has 6 heteroatoms. The summed E-state index contributed by atoms with van der Waals surface area (Å²) in [5.74, 6) is 1.55. The number of hydrogen-bond acceptors (Lipinski definition) is 5. The van der Waals surface area contributed by atoms with Crippen LogP contribution in [0.4, 0.5) is 0 Å². The Hall–Kier alpha value is -1.01. The van der Waals surface area contributed by atoms with Gasteiger partial charge in [0.1, 0.15) is 5.01 Å². The Bertz CT molecular complexity index is 468. The van der Waals surface area contributed by atoms with Crippen molar-refractivity contribution < 1.29 is 0 Å². The van der Waals surface area contributed by atoms with E-state index in [4.69, 9.17) is 0 Å². The van der Waals surface area contributed by atoms with E-state index < -0.39 is 0 Å². The normalized spacial score (nSPS) is 18.7. The number of aryl methyl sites for hydroxylation is 1. The number of hydrogen-bond donors (Lipinski definition) is 1. The molecule has 15 heavy (non-hydrogen) atoms. The molecule has 1 aliphatic heterocycles. The molecule has 0 radical (unpaired) electrons. The zero-order chi connectivity index (χ0) is 10.3. The van der Waals surface area contributed by atoms with Crippen LogP contribution in [0.3, 0.4) is 0 Å². The van der Waals surface area contributed by atoms with E-state index in [1.165, 1.54) is 0 Å². The lowest BCUT2D eigenvalue weighted by Crippen LogP contribution is -2.27. The van der Waals surface area contributed by atoms with E-state index in [2.05, 4.69) is 20.6 Å². The molecular weight excluding hydrogens is 210 g/mol. The molecule has 2 aromatic rings. The minimum Gasteiger partial charge on any atom is -0.317 e. The van der Waals surface area contributed by atoms with Gasteiger partial charge in [0.05, 0.1) is 0 Å². The summed E-state index contributed by atoms with van der Waals surface area (Å²) < 4.78 is 1.91. The van der Waals surface area contributed by atoms with Gasteiger partial charge in [0.25, 0.3) is 0 Å². The molecule has 3 heterocycles. The second kappa shape index (κ2) is 3.53. The molecule has 1 aliphatic rings. The maximum Gasteiger partial charge on any atom is 0.234 e. The Morgan fingerprint density at radius 2 is 2.13 bits per heavy atom. The van der Waals surface area contributed by atoms with Crippen LogP contribution in [0, 0.1) is 6.92 Å². The van der Waals surface area contributed by atoms with Gasteiger partial charge in [-0.25, -0.2) is 0 Å². The van der Waals surface area contributed by atoms with Crippen molar-refractivity contribution in [2.24, 2.45) is 0 Å². The van der Waals surface area contributed by atoms with Crippen LogP contribution >= 0.6 is 11.3 Å². The Balaban J connectivity index is 2.01. The number of aromatic nitrogens is 4. The van der Waals surface area contributed by atoms with Crippen LogP contribution in [0.1, 0.15) is 29.6 Å². The first-order valence-corrected chi connectivity index (χ1v) is 6.06. The smallest absolute Gasteiger partial charge is 0.234 e. The fourth-order valence-electron chi connectivity index (χ4n) is 2.06. The van der Waals surface area contributed by atoms with Crippen LogP contribution in [0.5, 0.6) is 0 Å². The van der Waals surface area contributed by atoms with Crippen LogP contribution in [-0.4, -0.2) is 32.9 Å². The minimum atomic E-state index is 0.516. The van der Waals surface area contributed by atoms with Gasteiger partial charge in [0, 0.05) is 5.92 Å². The molecular formula is C9H13N5S. The lowest BCUT2D eigenvalue weighted by atomic mass is 9.98. The predicted molar refractivity (Wildman–Crippen MR) is 58.2 cm³/mol. The maximum absolute atomic E-state index is 4.44. The van der Waals surface area contributed by atoms with E-state index in [-0.39, 0.29) is 0 Å². The molecule has 0 aliphatic carbocycles. The van der Waals surface area contributed by atoms with Crippen molar-refractivity contribution >= 4 is 16.3 Å². The van der Waals surface area contributed by atoms with Crippen molar-refractivity contribution in [1.29, 1.82) is 0 Å². The zero-order valence-corrected chi connectivity index (χ0v) is 9.42. The number of rotatable bonds is 1. The standard InChI is InChI=1S/C9H13N5S/c1-6-13-14-8(11-12-9(14)15-6)7-2-4-10-5-3-7/h7,10H,2-5H2,1H3. The van der Waals surface area contributed by atoms with Gasteiger partial charge < -0.3 is 5.32 Å². The molecule has 2 aromatic heterocycles. The van der Waals surface area contributed by atoms with E-state index in [1.54, 1.807) is 11.3 Å². The van der Waals surface area contributed by atoms with Gasteiger partial charge in [0.2, 0.25) is 4.96 Å². The molecule has 80 valence electrons. The summed E-state index contributed by atoms with van der Waals surface area (Å²) in [5.41, 5.74) is 0. The Morgan fingerprint density at radius 3 is 2.93 bits per heavy atom. The number of nitrogens with one attached hydrogen (secondary N) is 1. The highest BCUT2D eigenvalue weighted by Gasteiger charge is 2.21. The molecule has 0 unspecified atom stereocenters. The predicted octanol–water partition coefficient (Wildman–Crippen LogP) is 0.961. The van der Waals surface area contributed by atoms with Crippen molar-refractivity contribution in [3.05, 3.63) is 10.8 Å². The van der Waals surface area contributed by atoms with Crippen LogP contribution < -0.4 is 5.32 Å². The summed E-state index contributed by atoms with van der Waals surface area (Å²) in [6.07, 6.45) is 2.27. The highest BCUT2D eigenvalue weighted by atomic mass is 32.1. The highest BCUT2D eigenvalue weighted by Crippen LogP contribution is 2.25. The average molecular weight is 223 g/mol. The van der Waals surface area contributed by atoms with E-state index in [0.717, 1.165) is 41.7 Å². The third kappa shape index (κ3) is 1.53. The fraction of sp³-hybridized carbons (Fsp3) is 0.667. The molecule has 0 spiro atoms. The Kier molecular flexibility index (Phi) is 2.17. The van der Waals surface area contributed by atoms with Crippen LogP contribution in [-0.2, 0) is 0 Å². The first kappa shape index (κ1) is 9.23. The quantitative estimate of drug-likeness (QED) is 0.782. The highest BCUT2D eigenvalue weighted by molar-refractivity contribution is 7.16. The van der Waals surface area contributed by atoms with Gasteiger partial charge in [-0.15, -0.1) is 10.2 Å². The zero-order valence-electron chi connectivity index (χ0n) is 8.60. The summed E-state index contributed by atoms with van der Waals surface area (Å²) in [4.78, 5) is 0.918. The molecule has 1 saturated heterocycles. The Morgan fingerprint density at radius 1 is 1.33 bits per heavy atom. The third-order valence-corrected chi connectivity index (χ3v) is 3.63. The van der Waals surface area contributed by atoms with Gasteiger partial charge in [-0.3, -0.25) is 0 Å². The van der Waals surface area contributed by atoms with E-state index in [9.17, 15) is 0 Å². The number of piperidine rings is 1. The molecule has 0 amide bonds. The molecule has 1 fully saturated rings. The Labute approximate surface area is 91.5 Å². The van der Waals surface area contributed by atoms with Crippen molar-refractivity contribution in [2.75, 3.05) is 13.1 Å². The molecule has 0 saturated carbocycles. The fourth-order valence-corrected chi connectivity index (χ4v) is 2.75. The van der Waals surface area contributed by atoms with Gasteiger partial charge in [0.15, 0.2) is 5.82 Å². The van der Waals surface area contributed by atoms with Crippen LogP contribution in [0.25, 0.3) is 4.96 Å². The maximum atomic E-state index is 4.44. The molecule has 1 N–H and O–H groups in total. The molecule has 5 nitrogen and oxygen atoms in total. The van der Waals surface area contributed by atoms with Gasteiger partial charge in [-0.2, -0.15) is 9.61 Å². The second-order valence-electron chi connectivity index (χ2n) is 3.90. The van der Waals surface area contributed by atoms with Crippen molar-refractivity contribution in [3.63, 3.8) is 0 Å². The van der Waals surface area contributed by atoms with Crippen molar-refractivity contribution in [2.45, 2.75) is 25.7 Å². The summed E-state index contributed by atoms with van der Waals surface area (Å²) in [7, 11) is 0. The second-order valence-corrected chi connectivity index (χ2v) is 5.06. The SMILES string of the molecule is Cc1nn2c(C3CCNCC3)nnc2s1. The van der Waals surface area contributed by atoms with Crippen LogP contribution in [0.2, 0.25) is 0 Å². The topological polar surface area (TPSA) is 55.1 Å². The molecule has 3 rings (SSSR count).